The van der Waals surface area contributed by atoms with Gasteiger partial charge in [-0.15, -0.1) is 11.4 Å². The van der Waals surface area contributed by atoms with Crippen LogP contribution in [0.1, 0.15) is 40.0 Å². The molecule has 0 spiro atoms. The molecule has 4 atom stereocenters. The number of nitrogens with one attached hydrogen (secondary N) is 1. The van der Waals surface area contributed by atoms with Gasteiger partial charge in [0.2, 0.25) is 0 Å². The lowest BCUT2D eigenvalue weighted by molar-refractivity contribution is 0.183. The molecule has 0 aromatic rings. The van der Waals surface area contributed by atoms with Gasteiger partial charge in [-0.25, -0.2) is 0 Å². The first-order valence-corrected chi connectivity index (χ1v) is 8.54. The van der Waals surface area contributed by atoms with Crippen LogP contribution in [0.4, 0.5) is 0 Å². The molecule has 1 aliphatic rings. The Morgan fingerprint density at radius 1 is 1.38 bits per heavy atom. The minimum absolute atomic E-state index is 0.0879. The number of aliphatic hydroxyl groups is 1. The van der Waals surface area contributed by atoms with Crippen LogP contribution in [0.3, 0.4) is 0 Å². The SMILES string of the molecule is CC(C)(C)CNCC[C@H]1CC[C@@H](O)[C@@H]1SP. The topological polar surface area (TPSA) is 32.3 Å². The summed E-state index contributed by atoms with van der Waals surface area (Å²) in [6, 6.07) is 0. The van der Waals surface area contributed by atoms with E-state index in [1.54, 1.807) is 11.4 Å². The Kier molecular flexibility index (Phi) is 6.07. The highest BCUT2D eigenvalue weighted by atomic mass is 32.7. The van der Waals surface area contributed by atoms with Gasteiger partial charge in [0.1, 0.15) is 0 Å². The Bertz CT molecular complexity index is 208. The van der Waals surface area contributed by atoms with E-state index < -0.39 is 0 Å². The molecule has 0 aromatic carbocycles. The van der Waals surface area contributed by atoms with Gasteiger partial charge in [0.25, 0.3) is 0 Å². The van der Waals surface area contributed by atoms with Gasteiger partial charge < -0.3 is 10.4 Å². The maximum atomic E-state index is 9.79. The summed E-state index contributed by atoms with van der Waals surface area (Å²) >= 11 is 1.75. The number of hydrogen-bond acceptors (Lipinski definition) is 3. The molecule has 0 bridgehead atoms. The van der Waals surface area contributed by atoms with Gasteiger partial charge in [-0.3, -0.25) is 0 Å². The summed E-state index contributed by atoms with van der Waals surface area (Å²) in [4.78, 5) is 0. The molecule has 1 unspecified atom stereocenters. The molecule has 0 saturated heterocycles. The summed E-state index contributed by atoms with van der Waals surface area (Å²) in [7, 11) is 2.70. The van der Waals surface area contributed by atoms with Crippen molar-refractivity contribution < 1.29 is 5.11 Å². The van der Waals surface area contributed by atoms with Gasteiger partial charge in [0.05, 0.1) is 6.10 Å². The zero-order valence-corrected chi connectivity index (χ0v) is 12.7. The van der Waals surface area contributed by atoms with E-state index in [2.05, 4.69) is 34.5 Å². The fourth-order valence-corrected chi connectivity index (χ4v) is 4.31. The van der Waals surface area contributed by atoms with Gasteiger partial charge in [-0.05, 0) is 43.7 Å². The summed E-state index contributed by atoms with van der Waals surface area (Å²) < 4.78 is 0. The smallest absolute Gasteiger partial charge is 0.0664 e. The van der Waals surface area contributed by atoms with E-state index in [9.17, 15) is 5.11 Å². The number of rotatable bonds is 5. The molecule has 1 saturated carbocycles. The van der Waals surface area contributed by atoms with Gasteiger partial charge in [0, 0.05) is 5.25 Å². The second-order valence-electron chi connectivity index (χ2n) is 6.03. The Balaban J connectivity index is 2.18. The molecule has 4 heteroatoms. The summed E-state index contributed by atoms with van der Waals surface area (Å²) in [5, 5.41) is 13.7. The molecule has 1 rings (SSSR count). The Morgan fingerprint density at radius 2 is 2.06 bits per heavy atom. The van der Waals surface area contributed by atoms with Crippen molar-refractivity contribution in [2.24, 2.45) is 11.3 Å². The minimum atomic E-state index is -0.0879. The van der Waals surface area contributed by atoms with Crippen molar-refractivity contribution in [1.82, 2.24) is 5.32 Å². The Labute approximate surface area is 106 Å². The third kappa shape index (κ3) is 4.91. The van der Waals surface area contributed by atoms with Crippen LogP contribution < -0.4 is 5.32 Å². The molecular formula is C12H26NOPS. The zero-order valence-electron chi connectivity index (χ0n) is 10.7. The van der Waals surface area contributed by atoms with Crippen LogP contribution in [-0.4, -0.2) is 29.5 Å². The summed E-state index contributed by atoms with van der Waals surface area (Å²) in [6.07, 6.45) is 3.27. The number of hydrogen-bond donors (Lipinski definition) is 2. The molecule has 1 fully saturated rings. The monoisotopic (exact) mass is 263 g/mol. The Hall–Kier alpha value is 0.700. The van der Waals surface area contributed by atoms with Gasteiger partial charge in [-0.2, -0.15) is 0 Å². The molecule has 0 aliphatic heterocycles. The second-order valence-corrected chi connectivity index (χ2v) is 7.66. The molecule has 2 N–H and O–H groups in total. The van der Waals surface area contributed by atoms with Crippen molar-refractivity contribution in [3.8, 4) is 0 Å². The van der Waals surface area contributed by atoms with E-state index in [4.69, 9.17) is 0 Å². The maximum absolute atomic E-state index is 9.79. The van der Waals surface area contributed by atoms with E-state index in [0.29, 0.717) is 16.6 Å². The van der Waals surface area contributed by atoms with Crippen molar-refractivity contribution in [3.05, 3.63) is 0 Å². The van der Waals surface area contributed by atoms with Crippen molar-refractivity contribution in [2.45, 2.75) is 51.4 Å². The standard InChI is InChI=1S/C12H26NOPS/c1-12(2,3)8-13-7-6-9-4-5-10(14)11(9)16-15/h9-11,13-14H,4-8,15H2,1-3H3/t9-,10-,11-/m1/s1. The molecule has 96 valence electrons. The summed E-state index contributed by atoms with van der Waals surface area (Å²) in [6.45, 7) is 8.90. The molecule has 0 heterocycles. The van der Waals surface area contributed by atoms with Crippen molar-refractivity contribution in [1.29, 1.82) is 0 Å². The van der Waals surface area contributed by atoms with Crippen LogP contribution in [0.15, 0.2) is 0 Å². The molecule has 2 nitrogen and oxygen atoms in total. The number of aliphatic hydroxyl groups excluding tert-OH is 1. The first-order chi connectivity index (χ1) is 7.44. The van der Waals surface area contributed by atoms with Crippen LogP contribution in [-0.2, 0) is 0 Å². The zero-order chi connectivity index (χ0) is 12.2. The van der Waals surface area contributed by atoms with Crippen LogP contribution in [0.2, 0.25) is 0 Å². The molecular weight excluding hydrogens is 237 g/mol. The third-order valence-corrected chi connectivity index (χ3v) is 5.14. The first kappa shape index (κ1) is 14.8. The van der Waals surface area contributed by atoms with Crippen molar-refractivity contribution in [3.63, 3.8) is 0 Å². The lowest BCUT2D eigenvalue weighted by Gasteiger charge is -2.22. The Morgan fingerprint density at radius 3 is 2.62 bits per heavy atom. The van der Waals surface area contributed by atoms with Crippen molar-refractivity contribution >= 4 is 19.8 Å². The predicted molar refractivity (Wildman–Crippen MR) is 76.8 cm³/mol. The minimum Gasteiger partial charge on any atom is -0.392 e. The summed E-state index contributed by atoms with van der Waals surface area (Å²) in [5.74, 6) is 0.685. The van der Waals surface area contributed by atoms with Gasteiger partial charge >= 0.3 is 0 Å². The fraction of sp³-hybridized carbons (Fsp3) is 1.00. The normalized spacial score (nSPS) is 30.9. The molecule has 1 aliphatic carbocycles. The highest BCUT2D eigenvalue weighted by molar-refractivity contribution is 8.44. The molecule has 0 amide bonds. The highest BCUT2D eigenvalue weighted by Crippen LogP contribution is 2.39. The highest BCUT2D eigenvalue weighted by Gasteiger charge is 2.33. The molecule has 0 aromatic heterocycles. The van der Waals surface area contributed by atoms with E-state index in [-0.39, 0.29) is 6.10 Å². The maximum Gasteiger partial charge on any atom is 0.0664 e. The largest absolute Gasteiger partial charge is 0.392 e. The quantitative estimate of drug-likeness (QED) is 0.591. The average Bonchev–Trinajstić information content (AvgIpc) is 2.52. The predicted octanol–water partition coefficient (Wildman–Crippen LogP) is 2.68. The first-order valence-electron chi connectivity index (χ1n) is 6.18. The summed E-state index contributed by atoms with van der Waals surface area (Å²) in [5.41, 5.74) is 0.365. The molecule has 0 radical (unpaired) electrons. The van der Waals surface area contributed by atoms with Crippen LogP contribution in [0, 0.1) is 11.3 Å². The van der Waals surface area contributed by atoms with Gasteiger partial charge in [0.15, 0.2) is 0 Å². The lowest BCUT2D eigenvalue weighted by atomic mass is 9.96. The van der Waals surface area contributed by atoms with Crippen LogP contribution in [0.5, 0.6) is 0 Å². The third-order valence-electron chi connectivity index (χ3n) is 3.18. The van der Waals surface area contributed by atoms with Gasteiger partial charge in [-0.1, -0.05) is 29.2 Å². The van der Waals surface area contributed by atoms with E-state index in [1.165, 1.54) is 12.8 Å². The van der Waals surface area contributed by atoms with E-state index >= 15 is 0 Å². The van der Waals surface area contributed by atoms with Crippen LogP contribution in [0.25, 0.3) is 0 Å². The second kappa shape index (κ2) is 6.58. The molecule has 16 heavy (non-hydrogen) atoms. The fourth-order valence-electron chi connectivity index (χ4n) is 2.29. The lowest BCUT2D eigenvalue weighted by Crippen LogP contribution is -2.30. The van der Waals surface area contributed by atoms with Crippen molar-refractivity contribution in [2.75, 3.05) is 13.1 Å². The van der Waals surface area contributed by atoms with E-state index in [1.807, 2.05) is 0 Å². The average molecular weight is 263 g/mol. The van der Waals surface area contributed by atoms with Crippen LogP contribution >= 0.6 is 19.8 Å². The van der Waals surface area contributed by atoms with E-state index in [0.717, 1.165) is 19.5 Å².